The van der Waals surface area contributed by atoms with Crippen molar-refractivity contribution in [3.63, 3.8) is 0 Å². The Kier molecular flexibility index (Phi) is 2.96. The van der Waals surface area contributed by atoms with E-state index in [-0.39, 0.29) is 11.4 Å². The van der Waals surface area contributed by atoms with E-state index < -0.39 is 6.04 Å². The number of hydrogen-bond donors (Lipinski definition) is 1. The van der Waals surface area contributed by atoms with Gasteiger partial charge in [0.15, 0.2) is 0 Å². The van der Waals surface area contributed by atoms with E-state index in [0.29, 0.717) is 0 Å². The van der Waals surface area contributed by atoms with Crippen molar-refractivity contribution in [2.45, 2.75) is 38.1 Å². The van der Waals surface area contributed by atoms with Gasteiger partial charge in [0.1, 0.15) is 6.04 Å². The van der Waals surface area contributed by atoms with E-state index in [1.54, 1.807) is 0 Å². The quantitative estimate of drug-likeness (QED) is 0.810. The summed E-state index contributed by atoms with van der Waals surface area (Å²) in [5, 5.41) is 0. The van der Waals surface area contributed by atoms with Crippen molar-refractivity contribution in [3.05, 3.63) is 34.9 Å². The summed E-state index contributed by atoms with van der Waals surface area (Å²) in [7, 11) is 1.39. The molecule has 0 amide bonds. The number of aryl methyl sites for hydroxylation is 1. The Morgan fingerprint density at radius 1 is 1.41 bits per heavy atom. The van der Waals surface area contributed by atoms with Gasteiger partial charge in [-0.25, -0.2) is 0 Å². The predicted molar refractivity (Wildman–Crippen MR) is 66.8 cm³/mol. The van der Waals surface area contributed by atoms with Gasteiger partial charge in [-0.1, -0.05) is 18.2 Å². The van der Waals surface area contributed by atoms with Crippen LogP contribution < -0.4 is 5.73 Å². The molecule has 2 N–H and O–H groups in total. The topological polar surface area (TPSA) is 52.3 Å². The predicted octanol–water partition coefficient (Wildman–Crippen LogP) is 1.84. The molecule has 1 aromatic carbocycles. The van der Waals surface area contributed by atoms with Crippen molar-refractivity contribution >= 4 is 5.97 Å². The Bertz CT molecular complexity index is 450. The molecule has 1 fully saturated rings. The van der Waals surface area contributed by atoms with Crippen LogP contribution in [-0.4, -0.2) is 19.1 Å². The van der Waals surface area contributed by atoms with Crippen LogP contribution in [0.3, 0.4) is 0 Å². The van der Waals surface area contributed by atoms with Crippen LogP contribution in [0.15, 0.2) is 18.2 Å². The van der Waals surface area contributed by atoms with Gasteiger partial charge in [0.2, 0.25) is 0 Å². The van der Waals surface area contributed by atoms with Crippen molar-refractivity contribution in [2.24, 2.45) is 5.73 Å². The molecule has 0 aliphatic heterocycles. The third-order valence-electron chi connectivity index (χ3n) is 3.98. The minimum absolute atomic E-state index is 0.191. The molecule has 0 radical (unpaired) electrons. The first-order valence-electron chi connectivity index (χ1n) is 5.93. The number of nitrogens with two attached hydrogens (primary N) is 1. The van der Waals surface area contributed by atoms with Crippen molar-refractivity contribution in [1.29, 1.82) is 0 Å². The summed E-state index contributed by atoms with van der Waals surface area (Å²) in [6.45, 7) is 4.17. The van der Waals surface area contributed by atoms with Crippen LogP contribution in [0.4, 0.5) is 0 Å². The molecule has 1 atom stereocenters. The number of carbonyl (C=O) groups excluding carboxylic acids is 1. The van der Waals surface area contributed by atoms with Crippen molar-refractivity contribution < 1.29 is 9.53 Å². The fourth-order valence-corrected chi connectivity index (χ4v) is 2.53. The normalized spacial score (nSPS) is 18.6. The van der Waals surface area contributed by atoms with E-state index in [1.165, 1.54) is 23.8 Å². The smallest absolute Gasteiger partial charge is 0.323 e. The van der Waals surface area contributed by atoms with Gasteiger partial charge in [0.25, 0.3) is 0 Å². The van der Waals surface area contributed by atoms with Crippen LogP contribution in [0.5, 0.6) is 0 Å². The number of ether oxygens (including phenoxy) is 1. The molecule has 0 aromatic heterocycles. The molecule has 1 aliphatic carbocycles. The molecule has 3 heteroatoms. The van der Waals surface area contributed by atoms with Gasteiger partial charge >= 0.3 is 5.97 Å². The second-order valence-electron chi connectivity index (χ2n) is 4.90. The lowest BCUT2D eigenvalue weighted by Gasteiger charge is -2.24. The van der Waals surface area contributed by atoms with Gasteiger partial charge in [-0.05, 0) is 43.4 Å². The first kappa shape index (κ1) is 12.1. The number of methoxy groups -OCH3 is 1. The lowest BCUT2D eigenvalue weighted by Crippen LogP contribution is -2.43. The Balaban J connectivity index is 2.39. The van der Waals surface area contributed by atoms with Crippen LogP contribution >= 0.6 is 0 Å². The maximum Gasteiger partial charge on any atom is 0.323 e. The lowest BCUT2D eigenvalue weighted by atomic mass is 9.84. The van der Waals surface area contributed by atoms with Crippen LogP contribution in [0.1, 0.15) is 29.5 Å². The second kappa shape index (κ2) is 4.15. The van der Waals surface area contributed by atoms with Crippen LogP contribution in [0, 0.1) is 13.8 Å². The zero-order chi connectivity index (χ0) is 12.6. The average molecular weight is 233 g/mol. The van der Waals surface area contributed by atoms with E-state index in [4.69, 9.17) is 10.5 Å². The SMILES string of the molecule is COC(=O)C(N)C1(c2cccc(C)c2C)CC1. The average Bonchev–Trinajstić information content (AvgIpc) is 3.12. The fraction of sp³-hybridized carbons (Fsp3) is 0.500. The highest BCUT2D eigenvalue weighted by atomic mass is 16.5. The largest absolute Gasteiger partial charge is 0.468 e. The van der Waals surface area contributed by atoms with Gasteiger partial charge in [-0.3, -0.25) is 4.79 Å². The molecule has 1 aromatic rings. The van der Waals surface area contributed by atoms with E-state index >= 15 is 0 Å². The summed E-state index contributed by atoms with van der Waals surface area (Å²) in [5.41, 5.74) is 9.54. The molecule has 1 unspecified atom stereocenters. The van der Waals surface area contributed by atoms with Crippen LogP contribution in [-0.2, 0) is 14.9 Å². The summed E-state index contributed by atoms with van der Waals surface area (Å²) < 4.78 is 4.77. The van der Waals surface area contributed by atoms with E-state index in [2.05, 4.69) is 26.0 Å². The molecule has 2 rings (SSSR count). The molecule has 92 valence electrons. The number of benzene rings is 1. The van der Waals surface area contributed by atoms with Gasteiger partial charge in [0.05, 0.1) is 7.11 Å². The molecule has 0 saturated heterocycles. The number of hydrogen-bond acceptors (Lipinski definition) is 3. The van der Waals surface area contributed by atoms with Gasteiger partial charge in [-0.2, -0.15) is 0 Å². The summed E-state index contributed by atoms with van der Waals surface area (Å²) in [6.07, 6.45) is 1.93. The summed E-state index contributed by atoms with van der Waals surface area (Å²) >= 11 is 0. The maximum atomic E-state index is 11.6. The van der Waals surface area contributed by atoms with Crippen molar-refractivity contribution in [3.8, 4) is 0 Å². The van der Waals surface area contributed by atoms with Crippen LogP contribution in [0.25, 0.3) is 0 Å². The zero-order valence-corrected chi connectivity index (χ0v) is 10.6. The minimum atomic E-state index is -0.548. The standard InChI is InChI=1S/C14H19NO2/c1-9-5-4-6-11(10(9)2)14(7-8-14)12(15)13(16)17-3/h4-6,12H,7-8,15H2,1-3H3. The van der Waals surface area contributed by atoms with E-state index in [1.807, 2.05) is 6.07 Å². The van der Waals surface area contributed by atoms with E-state index in [0.717, 1.165) is 12.8 Å². The molecule has 3 nitrogen and oxygen atoms in total. The van der Waals surface area contributed by atoms with Crippen molar-refractivity contribution in [2.75, 3.05) is 7.11 Å². The van der Waals surface area contributed by atoms with Gasteiger partial charge < -0.3 is 10.5 Å². The molecule has 17 heavy (non-hydrogen) atoms. The van der Waals surface area contributed by atoms with Crippen molar-refractivity contribution in [1.82, 2.24) is 0 Å². The first-order valence-corrected chi connectivity index (χ1v) is 5.93. The molecule has 1 saturated carbocycles. The monoisotopic (exact) mass is 233 g/mol. The lowest BCUT2D eigenvalue weighted by molar-refractivity contribution is -0.143. The highest BCUT2D eigenvalue weighted by molar-refractivity contribution is 5.79. The number of rotatable bonds is 3. The van der Waals surface area contributed by atoms with E-state index in [9.17, 15) is 4.79 Å². The Hall–Kier alpha value is -1.35. The van der Waals surface area contributed by atoms with Crippen LogP contribution in [0.2, 0.25) is 0 Å². The third kappa shape index (κ3) is 1.84. The zero-order valence-electron chi connectivity index (χ0n) is 10.6. The fourth-order valence-electron chi connectivity index (χ4n) is 2.53. The third-order valence-corrected chi connectivity index (χ3v) is 3.98. The Labute approximate surface area is 102 Å². The molecule has 0 heterocycles. The summed E-state index contributed by atoms with van der Waals surface area (Å²) in [6, 6.07) is 5.64. The molecule has 0 bridgehead atoms. The minimum Gasteiger partial charge on any atom is -0.468 e. The molecular formula is C14H19NO2. The molecular weight excluding hydrogens is 214 g/mol. The highest BCUT2D eigenvalue weighted by Gasteiger charge is 2.53. The van der Waals surface area contributed by atoms with Gasteiger partial charge in [0, 0.05) is 5.41 Å². The number of carbonyl (C=O) groups is 1. The summed E-state index contributed by atoms with van der Waals surface area (Å²) in [4.78, 5) is 11.6. The molecule has 1 aliphatic rings. The highest BCUT2D eigenvalue weighted by Crippen LogP contribution is 2.51. The van der Waals surface area contributed by atoms with Gasteiger partial charge in [-0.15, -0.1) is 0 Å². The Morgan fingerprint density at radius 3 is 2.59 bits per heavy atom. The molecule has 0 spiro atoms. The number of esters is 1. The Morgan fingerprint density at radius 2 is 2.06 bits per heavy atom. The maximum absolute atomic E-state index is 11.6. The summed E-state index contributed by atoms with van der Waals surface area (Å²) in [5.74, 6) is -0.316. The first-order chi connectivity index (χ1) is 8.03. The second-order valence-corrected chi connectivity index (χ2v) is 4.90.